The van der Waals surface area contributed by atoms with Gasteiger partial charge in [0.15, 0.2) is 0 Å². The molecular weight excluding hydrogens is 316 g/mol. The van der Waals surface area contributed by atoms with Crippen LogP contribution in [-0.2, 0) is 17.8 Å². The number of anilines is 1. The van der Waals surface area contributed by atoms with Crippen LogP contribution in [0.25, 0.3) is 0 Å². The number of rotatable bonds is 7. The number of phenolic OH excluding ortho intramolecular Hbond substituents is 1. The minimum Gasteiger partial charge on any atom is -0.507 e. The third-order valence-corrected chi connectivity index (χ3v) is 3.85. The maximum atomic E-state index is 12.3. The predicted molar refractivity (Wildman–Crippen MR) is 98.6 cm³/mol. The van der Waals surface area contributed by atoms with E-state index in [4.69, 9.17) is 0 Å². The van der Waals surface area contributed by atoms with Crippen molar-refractivity contribution in [3.63, 3.8) is 0 Å². The molecule has 5 nitrogen and oxygen atoms in total. The maximum absolute atomic E-state index is 12.3. The fourth-order valence-corrected chi connectivity index (χ4v) is 2.47. The van der Waals surface area contributed by atoms with Gasteiger partial charge in [-0.2, -0.15) is 0 Å². The van der Waals surface area contributed by atoms with Crippen molar-refractivity contribution < 1.29 is 14.7 Å². The average Bonchev–Trinajstić information content (AvgIpc) is 2.60. The van der Waals surface area contributed by atoms with Gasteiger partial charge in [-0.3, -0.25) is 9.59 Å². The quantitative estimate of drug-likeness (QED) is 0.720. The molecule has 0 saturated carbocycles. The van der Waals surface area contributed by atoms with Crippen LogP contribution in [0.1, 0.15) is 48.2 Å². The molecule has 0 atom stereocenters. The van der Waals surface area contributed by atoms with Gasteiger partial charge in [0.25, 0.3) is 5.91 Å². The first-order valence-corrected chi connectivity index (χ1v) is 8.52. The monoisotopic (exact) mass is 340 g/mol. The van der Waals surface area contributed by atoms with Crippen molar-refractivity contribution in [3.05, 3.63) is 59.2 Å². The van der Waals surface area contributed by atoms with Crippen LogP contribution in [-0.4, -0.2) is 16.9 Å². The normalized spacial score (nSPS) is 10.3. The third-order valence-electron chi connectivity index (χ3n) is 3.85. The molecule has 0 radical (unpaired) electrons. The van der Waals surface area contributed by atoms with E-state index in [0.717, 1.165) is 24.0 Å². The fourth-order valence-electron chi connectivity index (χ4n) is 2.47. The number of hydrogen-bond acceptors (Lipinski definition) is 3. The molecule has 0 fully saturated rings. The van der Waals surface area contributed by atoms with Gasteiger partial charge in [-0.15, -0.1) is 0 Å². The van der Waals surface area contributed by atoms with Crippen LogP contribution < -0.4 is 10.6 Å². The molecule has 0 aliphatic heterocycles. The van der Waals surface area contributed by atoms with Crippen molar-refractivity contribution >= 4 is 17.5 Å². The molecule has 0 spiro atoms. The van der Waals surface area contributed by atoms with Gasteiger partial charge >= 0.3 is 0 Å². The topological polar surface area (TPSA) is 78.4 Å². The molecule has 2 aromatic rings. The first kappa shape index (κ1) is 18.5. The highest BCUT2D eigenvalue weighted by Crippen LogP contribution is 2.19. The van der Waals surface area contributed by atoms with Gasteiger partial charge in [-0.25, -0.2) is 0 Å². The molecule has 2 aromatic carbocycles. The number of hydrogen-bond donors (Lipinski definition) is 3. The van der Waals surface area contributed by atoms with Crippen LogP contribution in [0.15, 0.2) is 42.5 Å². The van der Waals surface area contributed by atoms with Crippen molar-refractivity contribution in [1.82, 2.24) is 5.32 Å². The Kier molecular flexibility index (Phi) is 6.57. The molecule has 3 N–H and O–H groups in total. The molecule has 2 amide bonds. The molecule has 2 rings (SSSR count). The Balaban J connectivity index is 2.01. The molecule has 0 heterocycles. The van der Waals surface area contributed by atoms with E-state index in [2.05, 4.69) is 10.6 Å². The largest absolute Gasteiger partial charge is 0.507 e. The summed E-state index contributed by atoms with van der Waals surface area (Å²) in [4.78, 5) is 24.0. The maximum Gasteiger partial charge on any atom is 0.255 e. The van der Waals surface area contributed by atoms with Gasteiger partial charge in [-0.1, -0.05) is 32.0 Å². The summed E-state index contributed by atoms with van der Waals surface area (Å²) in [6, 6.07) is 12.4. The molecule has 0 aliphatic carbocycles. The lowest BCUT2D eigenvalue weighted by Gasteiger charge is -2.10. The highest BCUT2D eigenvalue weighted by Gasteiger charge is 2.11. The molecular formula is C20H24N2O3. The third kappa shape index (κ3) is 5.35. The standard InChI is InChI=1S/C20H24N2O3/c1-3-6-19(24)22-16-8-5-7-15(11-16)13-21-20(25)17-12-14(4-2)9-10-18(17)23/h5,7-12,23H,3-4,6,13H2,1-2H3,(H,21,25)(H,22,24). The zero-order chi connectivity index (χ0) is 18.2. The van der Waals surface area contributed by atoms with Crippen LogP contribution in [0, 0.1) is 0 Å². The summed E-state index contributed by atoms with van der Waals surface area (Å²) in [6.45, 7) is 4.26. The fraction of sp³-hybridized carbons (Fsp3) is 0.300. The minimum atomic E-state index is -0.326. The second-order valence-corrected chi connectivity index (χ2v) is 5.89. The van der Waals surface area contributed by atoms with Crippen LogP contribution >= 0.6 is 0 Å². The zero-order valence-corrected chi connectivity index (χ0v) is 14.6. The Bertz CT molecular complexity index is 756. The van der Waals surface area contributed by atoms with Crippen LogP contribution in [0.3, 0.4) is 0 Å². The lowest BCUT2D eigenvalue weighted by atomic mass is 10.1. The van der Waals surface area contributed by atoms with E-state index in [1.54, 1.807) is 12.1 Å². The molecule has 5 heteroatoms. The summed E-state index contributed by atoms with van der Waals surface area (Å²) >= 11 is 0. The number of benzene rings is 2. The first-order valence-electron chi connectivity index (χ1n) is 8.52. The lowest BCUT2D eigenvalue weighted by Crippen LogP contribution is -2.23. The number of carbonyl (C=O) groups is 2. The van der Waals surface area contributed by atoms with E-state index in [9.17, 15) is 14.7 Å². The van der Waals surface area contributed by atoms with Crippen LogP contribution in [0.4, 0.5) is 5.69 Å². The lowest BCUT2D eigenvalue weighted by molar-refractivity contribution is -0.116. The highest BCUT2D eigenvalue weighted by atomic mass is 16.3. The molecule has 0 unspecified atom stereocenters. The van der Waals surface area contributed by atoms with Crippen molar-refractivity contribution in [2.45, 2.75) is 39.7 Å². The number of amides is 2. The van der Waals surface area contributed by atoms with Gasteiger partial charge in [0.1, 0.15) is 5.75 Å². The molecule has 0 aromatic heterocycles. The Morgan fingerprint density at radius 3 is 2.56 bits per heavy atom. The van der Waals surface area contributed by atoms with E-state index < -0.39 is 0 Å². The van der Waals surface area contributed by atoms with Gasteiger partial charge < -0.3 is 15.7 Å². The Hall–Kier alpha value is -2.82. The van der Waals surface area contributed by atoms with Gasteiger partial charge in [0.05, 0.1) is 5.56 Å². The molecule has 0 aliphatic rings. The highest BCUT2D eigenvalue weighted by molar-refractivity contribution is 5.97. The van der Waals surface area contributed by atoms with Crippen molar-refractivity contribution in [3.8, 4) is 5.75 Å². The summed E-state index contributed by atoms with van der Waals surface area (Å²) in [5.74, 6) is -0.381. The summed E-state index contributed by atoms with van der Waals surface area (Å²) in [5.41, 5.74) is 2.84. The number of aryl methyl sites for hydroxylation is 1. The van der Waals surface area contributed by atoms with Crippen LogP contribution in [0.5, 0.6) is 5.75 Å². The molecule has 0 saturated heterocycles. The zero-order valence-electron chi connectivity index (χ0n) is 14.6. The summed E-state index contributed by atoms with van der Waals surface area (Å²) in [7, 11) is 0. The summed E-state index contributed by atoms with van der Waals surface area (Å²) in [5, 5.41) is 15.5. The second kappa shape index (κ2) is 8.87. The molecule has 0 bridgehead atoms. The van der Waals surface area contributed by atoms with Gasteiger partial charge in [0.2, 0.25) is 5.91 Å². The Morgan fingerprint density at radius 1 is 1.04 bits per heavy atom. The van der Waals surface area contributed by atoms with Crippen molar-refractivity contribution in [1.29, 1.82) is 0 Å². The first-order chi connectivity index (χ1) is 12.0. The van der Waals surface area contributed by atoms with E-state index in [1.165, 1.54) is 6.07 Å². The van der Waals surface area contributed by atoms with E-state index in [-0.39, 0.29) is 23.1 Å². The summed E-state index contributed by atoms with van der Waals surface area (Å²) < 4.78 is 0. The van der Waals surface area contributed by atoms with Crippen molar-refractivity contribution in [2.75, 3.05) is 5.32 Å². The Morgan fingerprint density at radius 2 is 1.84 bits per heavy atom. The Labute approximate surface area is 148 Å². The second-order valence-electron chi connectivity index (χ2n) is 5.89. The van der Waals surface area contributed by atoms with Crippen LogP contribution in [0.2, 0.25) is 0 Å². The SMILES string of the molecule is CCCC(=O)Nc1cccc(CNC(=O)c2cc(CC)ccc2O)c1. The number of carbonyl (C=O) groups excluding carboxylic acids is 2. The molecule has 25 heavy (non-hydrogen) atoms. The van der Waals surface area contributed by atoms with E-state index in [0.29, 0.717) is 18.7 Å². The average molecular weight is 340 g/mol. The smallest absolute Gasteiger partial charge is 0.255 e. The van der Waals surface area contributed by atoms with Crippen molar-refractivity contribution in [2.24, 2.45) is 0 Å². The number of aromatic hydroxyl groups is 1. The number of nitrogens with one attached hydrogen (secondary N) is 2. The summed E-state index contributed by atoms with van der Waals surface area (Å²) in [6.07, 6.45) is 2.07. The van der Waals surface area contributed by atoms with E-state index in [1.807, 2.05) is 38.1 Å². The predicted octanol–water partition coefficient (Wildman–Crippen LogP) is 3.62. The number of phenols is 1. The minimum absolute atomic E-state index is 0.0232. The van der Waals surface area contributed by atoms with Gasteiger partial charge in [0, 0.05) is 18.7 Å². The molecule has 132 valence electrons. The van der Waals surface area contributed by atoms with E-state index >= 15 is 0 Å². The van der Waals surface area contributed by atoms with Gasteiger partial charge in [-0.05, 0) is 48.2 Å².